The van der Waals surface area contributed by atoms with Gasteiger partial charge in [-0.25, -0.2) is 4.79 Å². The standard InChI is InChI=1S/C10H20N2O3/c1-3-7-11-10(14)12-8-5-4-6-9(13)15-2/h3-8H2,1-2H3,(H2,11,12,14). The van der Waals surface area contributed by atoms with Gasteiger partial charge in [0, 0.05) is 19.5 Å². The van der Waals surface area contributed by atoms with E-state index in [1.165, 1.54) is 7.11 Å². The SMILES string of the molecule is CCCNC(=O)NCCCCC(=O)OC. The van der Waals surface area contributed by atoms with Gasteiger partial charge >= 0.3 is 12.0 Å². The highest BCUT2D eigenvalue weighted by molar-refractivity contribution is 5.73. The first-order valence-electron chi connectivity index (χ1n) is 5.29. The van der Waals surface area contributed by atoms with Gasteiger partial charge in [0.25, 0.3) is 0 Å². The van der Waals surface area contributed by atoms with Crippen molar-refractivity contribution in [1.29, 1.82) is 0 Å². The van der Waals surface area contributed by atoms with Gasteiger partial charge in [-0.3, -0.25) is 4.79 Å². The van der Waals surface area contributed by atoms with Gasteiger partial charge in [-0.05, 0) is 19.3 Å². The molecule has 0 aromatic heterocycles. The summed E-state index contributed by atoms with van der Waals surface area (Å²) in [5.41, 5.74) is 0. The Bertz CT molecular complexity index is 195. The fourth-order valence-electron chi connectivity index (χ4n) is 0.999. The van der Waals surface area contributed by atoms with Crippen LogP contribution in [0.4, 0.5) is 4.79 Å². The quantitative estimate of drug-likeness (QED) is 0.493. The molecule has 5 heteroatoms. The van der Waals surface area contributed by atoms with Crippen LogP contribution in [0.15, 0.2) is 0 Å². The Balaban J connectivity index is 3.23. The lowest BCUT2D eigenvalue weighted by atomic mass is 10.2. The molecule has 0 aromatic carbocycles. The smallest absolute Gasteiger partial charge is 0.314 e. The van der Waals surface area contributed by atoms with Gasteiger partial charge in [0.2, 0.25) is 0 Å². The Kier molecular flexibility index (Phi) is 8.52. The Morgan fingerprint density at radius 1 is 1.13 bits per heavy atom. The lowest BCUT2D eigenvalue weighted by Gasteiger charge is -2.05. The first kappa shape index (κ1) is 13.7. The second kappa shape index (κ2) is 9.30. The first-order chi connectivity index (χ1) is 7.20. The van der Waals surface area contributed by atoms with E-state index in [2.05, 4.69) is 15.4 Å². The third-order valence-corrected chi connectivity index (χ3v) is 1.86. The maximum atomic E-state index is 11.0. The number of rotatable bonds is 7. The topological polar surface area (TPSA) is 67.4 Å². The number of urea groups is 1. The summed E-state index contributed by atoms with van der Waals surface area (Å²) in [6, 6.07) is -0.144. The molecule has 0 rings (SSSR count). The van der Waals surface area contributed by atoms with E-state index < -0.39 is 0 Å². The van der Waals surface area contributed by atoms with Gasteiger partial charge in [0.15, 0.2) is 0 Å². The molecule has 0 aromatic rings. The molecule has 0 atom stereocenters. The summed E-state index contributed by atoms with van der Waals surface area (Å²) in [6.45, 7) is 3.27. The summed E-state index contributed by atoms with van der Waals surface area (Å²) in [5.74, 6) is -0.203. The van der Waals surface area contributed by atoms with Crippen LogP contribution in [-0.2, 0) is 9.53 Å². The number of amides is 2. The zero-order chi connectivity index (χ0) is 11.5. The molecule has 0 unspecified atom stereocenters. The highest BCUT2D eigenvalue weighted by Gasteiger charge is 2.00. The van der Waals surface area contributed by atoms with Gasteiger partial charge in [0.05, 0.1) is 7.11 Å². The number of unbranched alkanes of at least 4 members (excludes halogenated alkanes) is 1. The van der Waals surface area contributed by atoms with Crippen LogP contribution in [0.3, 0.4) is 0 Å². The van der Waals surface area contributed by atoms with E-state index >= 15 is 0 Å². The Morgan fingerprint density at radius 2 is 1.80 bits per heavy atom. The van der Waals surface area contributed by atoms with Crippen LogP contribution in [-0.4, -0.2) is 32.2 Å². The second-order valence-corrected chi connectivity index (χ2v) is 3.22. The van der Waals surface area contributed by atoms with Gasteiger partial charge in [-0.15, -0.1) is 0 Å². The molecule has 88 valence electrons. The van der Waals surface area contributed by atoms with E-state index in [9.17, 15) is 9.59 Å². The van der Waals surface area contributed by atoms with Crippen LogP contribution in [0.25, 0.3) is 0 Å². The van der Waals surface area contributed by atoms with Crippen molar-refractivity contribution in [1.82, 2.24) is 10.6 Å². The maximum absolute atomic E-state index is 11.0. The molecule has 0 heterocycles. The Hall–Kier alpha value is -1.26. The van der Waals surface area contributed by atoms with Crippen molar-refractivity contribution in [2.75, 3.05) is 20.2 Å². The molecular weight excluding hydrogens is 196 g/mol. The maximum Gasteiger partial charge on any atom is 0.314 e. The molecule has 2 amide bonds. The van der Waals surface area contributed by atoms with Crippen LogP contribution in [0, 0.1) is 0 Å². The molecule has 0 bridgehead atoms. The molecule has 0 aliphatic rings. The molecule has 0 aliphatic heterocycles. The zero-order valence-corrected chi connectivity index (χ0v) is 9.47. The van der Waals surface area contributed by atoms with E-state index in [1.54, 1.807) is 0 Å². The largest absolute Gasteiger partial charge is 0.469 e. The normalized spacial score (nSPS) is 9.47. The summed E-state index contributed by atoms with van der Waals surface area (Å²) in [7, 11) is 1.37. The average molecular weight is 216 g/mol. The van der Waals surface area contributed by atoms with Crippen molar-refractivity contribution in [3.63, 3.8) is 0 Å². The molecule has 2 N–H and O–H groups in total. The number of hydrogen-bond acceptors (Lipinski definition) is 3. The number of carbonyl (C=O) groups is 2. The zero-order valence-electron chi connectivity index (χ0n) is 9.47. The fourth-order valence-corrected chi connectivity index (χ4v) is 0.999. The number of esters is 1. The Morgan fingerprint density at radius 3 is 2.40 bits per heavy atom. The van der Waals surface area contributed by atoms with Gasteiger partial charge in [0.1, 0.15) is 0 Å². The molecule has 0 spiro atoms. The predicted molar refractivity (Wildman–Crippen MR) is 57.6 cm³/mol. The molecule has 5 nitrogen and oxygen atoms in total. The number of methoxy groups -OCH3 is 1. The molecular formula is C10H20N2O3. The highest BCUT2D eigenvalue weighted by atomic mass is 16.5. The third kappa shape index (κ3) is 9.05. The van der Waals surface area contributed by atoms with Gasteiger partial charge in [-0.2, -0.15) is 0 Å². The minimum absolute atomic E-state index is 0.144. The summed E-state index contributed by atoms with van der Waals surface area (Å²) in [5, 5.41) is 5.41. The minimum atomic E-state index is -0.203. The van der Waals surface area contributed by atoms with Crippen LogP contribution in [0.2, 0.25) is 0 Å². The van der Waals surface area contributed by atoms with Crippen molar-refractivity contribution >= 4 is 12.0 Å². The molecule has 0 aliphatic carbocycles. The number of hydrogen-bond donors (Lipinski definition) is 2. The number of ether oxygens (including phenoxy) is 1. The van der Waals surface area contributed by atoms with Crippen LogP contribution >= 0.6 is 0 Å². The van der Waals surface area contributed by atoms with Gasteiger partial charge in [-0.1, -0.05) is 6.92 Å². The van der Waals surface area contributed by atoms with Crippen LogP contribution < -0.4 is 10.6 Å². The number of nitrogens with one attached hydrogen (secondary N) is 2. The summed E-state index contributed by atoms with van der Waals surface area (Å²) in [6.07, 6.45) is 2.86. The lowest BCUT2D eigenvalue weighted by molar-refractivity contribution is -0.140. The van der Waals surface area contributed by atoms with E-state index in [-0.39, 0.29) is 12.0 Å². The molecule has 0 saturated heterocycles. The van der Waals surface area contributed by atoms with Crippen molar-refractivity contribution in [3.05, 3.63) is 0 Å². The molecule has 15 heavy (non-hydrogen) atoms. The second-order valence-electron chi connectivity index (χ2n) is 3.22. The first-order valence-corrected chi connectivity index (χ1v) is 5.29. The molecule has 0 fully saturated rings. The Labute approximate surface area is 90.6 Å². The van der Waals surface area contributed by atoms with E-state index in [4.69, 9.17) is 0 Å². The third-order valence-electron chi connectivity index (χ3n) is 1.86. The van der Waals surface area contributed by atoms with Crippen LogP contribution in [0.1, 0.15) is 32.6 Å². The van der Waals surface area contributed by atoms with E-state index in [0.717, 1.165) is 19.3 Å². The summed E-state index contributed by atoms with van der Waals surface area (Å²) >= 11 is 0. The molecule has 0 radical (unpaired) electrons. The fraction of sp³-hybridized carbons (Fsp3) is 0.800. The van der Waals surface area contributed by atoms with Crippen molar-refractivity contribution in [2.45, 2.75) is 32.6 Å². The minimum Gasteiger partial charge on any atom is -0.469 e. The number of carbonyl (C=O) groups excluding carboxylic acids is 2. The predicted octanol–water partition coefficient (Wildman–Crippen LogP) is 1.04. The van der Waals surface area contributed by atoms with Gasteiger partial charge < -0.3 is 15.4 Å². The van der Waals surface area contributed by atoms with Crippen molar-refractivity contribution in [3.8, 4) is 0 Å². The average Bonchev–Trinajstić information content (AvgIpc) is 2.25. The van der Waals surface area contributed by atoms with E-state index in [1.807, 2.05) is 6.92 Å². The summed E-state index contributed by atoms with van der Waals surface area (Å²) < 4.78 is 4.49. The lowest BCUT2D eigenvalue weighted by Crippen LogP contribution is -2.36. The van der Waals surface area contributed by atoms with Crippen molar-refractivity contribution in [2.24, 2.45) is 0 Å². The van der Waals surface area contributed by atoms with Crippen LogP contribution in [0.5, 0.6) is 0 Å². The van der Waals surface area contributed by atoms with E-state index in [0.29, 0.717) is 19.5 Å². The monoisotopic (exact) mass is 216 g/mol. The highest BCUT2D eigenvalue weighted by Crippen LogP contribution is 1.95. The van der Waals surface area contributed by atoms with Crippen molar-refractivity contribution < 1.29 is 14.3 Å². The summed E-state index contributed by atoms with van der Waals surface area (Å²) in [4.78, 5) is 21.8. The molecule has 0 saturated carbocycles.